The van der Waals surface area contributed by atoms with Gasteiger partial charge in [0.25, 0.3) is 0 Å². The van der Waals surface area contributed by atoms with Crippen molar-refractivity contribution >= 4 is 68.8 Å². The Kier molecular flexibility index (Phi) is 13.6. The molecule has 7 amide bonds. The Bertz CT molecular complexity index is 2780. The molecule has 1 aliphatic heterocycles. The van der Waals surface area contributed by atoms with Gasteiger partial charge in [-0.25, -0.2) is 0 Å². The number of H-pyrrole nitrogens is 2. The number of nitrogens with one attached hydrogen (secondary N) is 7. The Morgan fingerprint density at radius 2 is 1.10 bits per heavy atom. The van der Waals surface area contributed by atoms with Gasteiger partial charge in [-0.15, -0.1) is 0 Å². The number of para-hydroxylation sites is 3. The number of carbonyl (C=O) groups excluding carboxylic acids is 7. The van der Waals surface area contributed by atoms with E-state index in [9.17, 15) is 33.6 Å². The van der Waals surface area contributed by atoms with E-state index >= 15 is 0 Å². The van der Waals surface area contributed by atoms with E-state index in [0.29, 0.717) is 16.8 Å². The second-order valence-corrected chi connectivity index (χ2v) is 15.0. The molecule has 0 unspecified atom stereocenters. The molecule has 16 heteroatoms. The lowest BCUT2D eigenvalue weighted by Gasteiger charge is -2.26. The maximum atomic E-state index is 13.7. The fraction of sp³-hybridized carbons (Fsp3) is 0.213. The van der Waals surface area contributed by atoms with Crippen molar-refractivity contribution in [3.63, 3.8) is 0 Å². The molecule has 0 fully saturated rings. The lowest BCUT2D eigenvalue weighted by molar-refractivity contribution is -0.132. The Morgan fingerprint density at radius 1 is 0.587 bits per heavy atom. The van der Waals surface area contributed by atoms with Crippen LogP contribution in [0.2, 0.25) is 0 Å². The lowest BCUT2D eigenvalue weighted by Crippen LogP contribution is -2.54. The highest BCUT2D eigenvalue weighted by Crippen LogP contribution is 2.26. The average molecular weight is 848 g/mol. The SMILES string of the molecule is NC(=O)CNC(=O)[C@H](Cc1c[nH]c2ccccc12)NC(=O)CNC(=O)[C@H](Cc1c[nH]c2ccccc12)NC(=O)CNC(=O)CCC(=O)N1Cc2ccccc2C#Cc2ccccc21. The minimum absolute atomic E-state index is 0.0230. The molecule has 9 N–H and O–H groups in total. The van der Waals surface area contributed by atoms with Gasteiger partial charge in [-0.1, -0.05) is 78.6 Å². The summed E-state index contributed by atoms with van der Waals surface area (Å²) in [6.07, 6.45) is 3.19. The third kappa shape index (κ3) is 11.0. The standard InChI is InChI=1S/C47H45N9O7/c48-41(57)25-52-46(62)38(21-32-23-49-36-14-6-4-12-34(32)36)55-44(60)27-53-47(63)39(22-33-24-50-37-15-7-5-13-35(33)37)54-43(59)26-51-42(58)19-20-45(61)56-28-31-11-2-1-9-29(31)17-18-30-10-3-8-16-40(30)56/h1-16,23-24,38-39,49-50H,19-22,25-28H2,(H2,48,57)(H,51,58)(H,52,62)(H,53,63)(H,54,59)(H,55,60)/t38-,39-/m0/s1. The third-order valence-corrected chi connectivity index (χ3v) is 10.5. The number of amides is 7. The highest BCUT2D eigenvalue weighted by atomic mass is 16.2. The molecule has 2 atom stereocenters. The Morgan fingerprint density at radius 3 is 1.71 bits per heavy atom. The van der Waals surface area contributed by atoms with Crippen molar-refractivity contribution in [3.05, 3.63) is 137 Å². The van der Waals surface area contributed by atoms with Crippen molar-refractivity contribution in [2.24, 2.45) is 5.73 Å². The van der Waals surface area contributed by atoms with Gasteiger partial charge < -0.3 is 47.2 Å². The van der Waals surface area contributed by atoms with Crippen LogP contribution in [0.15, 0.2) is 109 Å². The summed E-state index contributed by atoms with van der Waals surface area (Å²) >= 11 is 0. The van der Waals surface area contributed by atoms with Crippen molar-refractivity contribution in [3.8, 4) is 11.8 Å². The summed E-state index contributed by atoms with van der Waals surface area (Å²) in [5.41, 5.74) is 11.3. The molecule has 3 heterocycles. The molecular formula is C47H45N9O7. The minimum atomic E-state index is -1.19. The molecule has 0 saturated carbocycles. The zero-order valence-corrected chi connectivity index (χ0v) is 34.1. The van der Waals surface area contributed by atoms with Crippen LogP contribution in [0.25, 0.3) is 21.8 Å². The third-order valence-electron chi connectivity index (χ3n) is 10.5. The smallest absolute Gasteiger partial charge is 0.243 e. The predicted molar refractivity (Wildman–Crippen MR) is 235 cm³/mol. The van der Waals surface area contributed by atoms with Crippen LogP contribution in [-0.4, -0.2) is 83.0 Å². The number of primary amides is 1. The highest BCUT2D eigenvalue weighted by Gasteiger charge is 2.27. The van der Waals surface area contributed by atoms with E-state index in [2.05, 4.69) is 48.4 Å². The number of nitrogens with zero attached hydrogens (tertiary/aromatic N) is 1. The van der Waals surface area contributed by atoms with Gasteiger partial charge >= 0.3 is 0 Å². The summed E-state index contributed by atoms with van der Waals surface area (Å²) in [6.45, 7) is -1.22. The predicted octanol–water partition coefficient (Wildman–Crippen LogP) is 1.96. The molecule has 2 aromatic heterocycles. The average Bonchev–Trinajstić information content (AvgIpc) is 3.89. The van der Waals surface area contributed by atoms with Crippen molar-refractivity contribution < 1.29 is 33.6 Å². The van der Waals surface area contributed by atoms with Crippen LogP contribution >= 0.6 is 0 Å². The van der Waals surface area contributed by atoms with Gasteiger partial charge in [0.15, 0.2) is 0 Å². The summed E-state index contributed by atoms with van der Waals surface area (Å²) in [5.74, 6) is 1.97. The van der Waals surface area contributed by atoms with E-state index in [1.54, 1.807) is 17.3 Å². The number of nitrogens with two attached hydrogens (primary N) is 1. The summed E-state index contributed by atoms with van der Waals surface area (Å²) in [4.78, 5) is 99.4. The topological polar surface area (TPSA) is 240 Å². The molecule has 0 bridgehead atoms. The van der Waals surface area contributed by atoms with Gasteiger partial charge in [-0.05, 0) is 47.0 Å². The Balaban J connectivity index is 0.967. The van der Waals surface area contributed by atoms with Crippen LogP contribution in [0.1, 0.15) is 40.7 Å². The largest absolute Gasteiger partial charge is 0.368 e. The fourth-order valence-corrected chi connectivity index (χ4v) is 7.37. The molecule has 0 spiro atoms. The first-order valence-electron chi connectivity index (χ1n) is 20.3. The van der Waals surface area contributed by atoms with E-state index in [1.165, 1.54) is 0 Å². The van der Waals surface area contributed by atoms with Crippen molar-refractivity contribution in [1.82, 2.24) is 36.6 Å². The molecular weight excluding hydrogens is 803 g/mol. The highest BCUT2D eigenvalue weighted by molar-refractivity contribution is 5.98. The van der Waals surface area contributed by atoms with E-state index < -0.39 is 67.2 Å². The number of aromatic amines is 2. The summed E-state index contributed by atoms with van der Waals surface area (Å²) in [5, 5.41) is 14.5. The maximum absolute atomic E-state index is 13.7. The van der Waals surface area contributed by atoms with Crippen LogP contribution in [0, 0.1) is 11.8 Å². The first kappa shape index (κ1) is 42.9. The van der Waals surface area contributed by atoms with Crippen molar-refractivity contribution in [2.45, 2.75) is 44.3 Å². The van der Waals surface area contributed by atoms with Crippen LogP contribution in [0.3, 0.4) is 0 Å². The van der Waals surface area contributed by atoms with Gasteiger partial charge in [-0.2, -0.15) is 0 Å². The number of benzene rings is 4. The molecule has 16 nitrogen and oxygen atoms in total. The number of fused-ring (bicyclic) bond motifs is 4. The zero-order valence-electron chi connectivity index (χ0n) is 34.1. The number of hydrogen-bond acceptors (Lipinski definition) is 7. The van der Waals surface area contributed by atoms with Crippen molar-refractivity contribution in [2.75, 3.05) is 24.5 Å². The molecule has 63 heavy (non-hydrogen) atoms. The quantitative estimate of drug-likeness (QED) is 0.0635. The van der Waals surface area contributed by atoms with Crippen LogP contribution in [0.4, 0.5) is 5.69 Å². The lowest BCUT2D eigenvalue weighted by atomic mass is 10.0. The summed E-state index contributed by atoms with van der Waals surface area (Å²) in [6, 6.07) is 27.4. The minimum Gasteiger partial charge on any atom is -0.368 e. The number of anilines is 1. The Hall–Kier alpha value is -8.19. The zero-order chi connectivity index (χ0) is 44.3. The molecule has 0 saturated heterocycles. The van der Waals surface area contributed by atoms with E-state index in [0.717, 1.165) is 38.5 Å². The first-order valence-corrected chi connectivity index (χ1v) is 20.3. The summed E-state index contributed by atoms with van der Waals surface area (Å²) < 4.78 is 0. The van der Waals surface area contributed by atoms with Gasteiger partial charge in [0.1, 0.15) is 12.1 Å². The van der Waals surface area contributed by atoms with Crippen LogP contribution < -0.4 is 37.2 Å². The summed E-state index contributed by atoms with van der Waals surface area (Å²) in [7, 11) is 0. The number of hydrogen-bond donors (Lipinski definition) is 8. The normalized spacial score (nSPS) is 12.5. The van der Waals surface area contributed by atoms with Gasteiger partial charge in [0, 0.05) is 71.0 Å². The monoisotopic (exact) mass is 847 g/mol. The van der Waals surface area contributed by atoms with E-state index in [1.807, 2.05) is 97.1 Å². The Labute approximate surface area is 361 Å². The van der Waals surface area contributed by atoms with Gasteiger partial charge in [-0.3, -0.25) is 33.6 Å². The second kappa shape index (κ2) is 19.9. The molecule has 320 valence electrons. The molecule has 6 aromatic rings. The van der Waals surface area contributed by atoms with E-state index in [-0.39, 0.29) is 38.1 Å². The number of rotatable bonds is 17. The van der Waals surface area contributed by atoms with Crippen LogP contribution in [0.5, 0.6) is 0 Å². The molecule has 7 rings (SSSR count). The van der Waals surface area contributed by atoms with Gasteiger partial charge in [0.2, 0.25) is 41.4 Å². The first-order chi connectivity index (χ1) is 30.5. The number of carbonyl (C=O) groups is 7. The second-order valence-electron chi connectivity index (χ2n) is 15.0. The molecule has 0 radical (unpaired) electrons. The molecule has 1 aliphatic rings. The fourth-order valence-electron chi connectivity index (χ4n) is 7.37. The molecule has 0 aliphatic carbocycles. The molecule has 4 aromatic carbocycles. The van der Waals surface area contributed by atoms with Crippen molar-refractivity contribution in [1.29, 1.82) is 0 Å². The van der Waals surface area contributed by atoms with Crippen LogP contribution in [-0.2, 0) is 52.9 Å². The number of aromatic nitrogens is 2. The van der Waals surface area contributed by atoms with Gasteiger partial charge in [0.05, 0.1) is 31.9 Å². The van der Waals surface area contributed by atoms with E-state index in [4.69, 9.17) is 5.73 Å². The maximum Gasteiger partial charge on any atom is 0.243 e.